The standard InChI is InChI=1S/C24H29N3O2/c1-22(2,3)18-14-24(23(4,5)6)17-13-12-16(17)19(18)26-20(28)25(21(29)27(24)26)15-10-8-7-9-11-15/h7-14,16-17,19H,1-6H3. The summed E-state index contributed by atoms with van der Waals surface area (Å²) in [4.78, 5) is 27.5. The zero-order chi connectivity index (χ0) is 20.9. The first-order chi connectivity index (χ1) is 13.5. The van der Waals surface area contributed by atoms with Crippen molar-refractivity contribution in [3.63, 3.8) is 0 Å². The Bertz CT molecular complexity index is 1180. The summed E-state index contributed by atoms with van der Waals surface area (Å²) in [5, 5.41) is 0. The van der Waals surface area contributed by atoms with Gasteiger partial charge in [-0.1, -0.05) is 78.0 Å². The molecule has 1 aromatic heterocycles. The van der Waals surface area contributed by atoms with Gasteiger partial charge in [0.15, 0.2) is 0 Å². The monoisotopic (exact) mass is 391 g/mol. The Hall–Kier alpha value is -2.56. The van der Waals surface area contributed by atoms with Gasteiger partial charge in [-0.3, -0.25) is 0 Å². The molecule has 0 spiro atoms. The fourth-order valence-corrected chi connectivity index (χ4v) is 5.74. The largest absolute Gasteiger partial charge is 0.352 e. The van der Waals surface area contributed by atoms with E-state index in [4.69, 9.17) is 0 Å². The van der Waals surface area contributed by atoms with Crippen LogP contribution in [0.25, 0.3) is 5.69 Å². The summed E-state index contributed by atoms with van der Waals surface area (Å²) in [5.74, 6) is 0.472. The summed E-state index contributed by atoms with van der Waals surface area (Å²) in [7, 11) is 0. The first kappa shape index (κ1) is 18.5. The molecule has 5 heteroatoms. The third-order valence-electron chi connectivity index (χ3n) is 7.19. The van der Waals surface area contributed by atoms with Crippen LogP contribution >= 0.6 is 0 Å². The number of benzene rings is 1. The summed E-state index contributed by atoms with van der Waals surface area (Å²) < 4.78 is 4.90. The lowest BCUT2D eigenvalue weighted by molar-refractivity contribution is -0.0372. The van der Waals surface area contributed by atoms with Crippen LogP contribution in [0.15, 0.2) is 63.7 Å². The quantitative estimate of drug-likeness (QED) is 0.693. The Morgan fingerprint density at radius 3 is 2.07 bits per heavy atom. The second-order valence-corrected chi connectivity index (χ2v) is 10.8. The average Bonchev–Trinajstić information content (AvgIpc) is 2.86. The minimum Gasteiger partial charge on any atom is -0.245 e. The fourth-order valence-electron chi connectivity index (χ4n) is 5.74. The average molecular weight is 392 g/mol. The topological polar surface area (TPSA) is 48.9 Å². The lowest BCUT2D eigenvalue weighted by atomic mass is 9.50. The molecule has 0 amide bonds. The molecule has 0 fully saturated rings. The van der Waals surface area contributed by atoms with Gasteiger partial charge in [-0.25, -0.2) is 23.5 Å². The van der Waals surface area contributed by atoms with Crippen molar-refractivity contribution in [1.82, 2.24) is 13.9 Å². The molecule has 1 aromatic carbocycles. The summed E-state index contributed by atoms with van der Waals surface area (Å²) in [6, 6.07) is 9.16. The number of aromatic nitrogens is 3. The van der Waals surface area contributed by atoms with Gasteiger partial charge in [0.1, 0.15) is 0 Å². The van der Waals surface area contributed by atoms with Gasteiger partial charge in [-0.15, -0.1) is 0 Å². The summed E-state index contributed by atoms with van der Waals surface area (Å²) >= 11 is 0. The van der Waals surface area contributed by atoms with Crippen molar-refractivity contribution < 1.29 is 0 Å². The van der Waals surface area contributed by atoms with Gasteiger partial charge < -0.3 is 0 Å². The molecule has 2 bridgehead atoms. The van der Waals surface area contributed by atoms with E-state index in [9.17, 15) is 9.59 Å². The van der Waals surface area contributed by atoms with E-state index in [1.54, 1.807) is 9.36 Å². The van der Waals surface area contributed by atoms with E-state index < -0.39 is 5.54 Å². The lowest BCUT2D eigenvalue weighted by Gasteiger charge is -2.63. The molecule has 5 nitrogen and oxygen atoms in total. The number of hydrogen-bond donors (Lipinski definition) is 0. The Kier molecular flexibility index (Phi) is 3.39. The number of rotatable bonds is 1. The Morgan fingerprint density at radius 2 is 1.55 bits per heavy atom. The maximum atomic E-state index is 13.8. The van der Waals surface area contributed by atoms with Gasteiger partial charge >= 0.3 is 11.4 Å². The van der Waals surface area contributed by atoms with Crippen molar-refractivity contribution >= 4 is 0 Å². The third-order valence-corrected chi connectivity index (χ3v) is 7.19. The van der Waals surface area contributed by atoms with Crippen LogP contribution in [0.5, 0.6) is 0 Å². The molecule has 29 heavy (non-hydrogen) atoms. The van der Waals surface area contributed by atoms with Crippen LogP contribution < -0.4 is 11.4 Å². The van der Waals surface area contributed by atoms with E-state index in [0.717, 1.165) is 0 Å². The van der Waals surface area contributed by atoms with E-state index in [0.29, 0.717) is 5.69 Å². The Balaban J connectivity index is 1.92. The van der Waals surface area contributed by atoms with Crippen molar-refractivity contribution in [2.45, 2.75) is 53.1 Å². The van der Waals surface area contributed by atoms with Gasteiger partial charge in [0.05, 0.1) is 17.3 Å². The van der Waals surface area contributed by atoms with Crippen LogP contribution in [-0.2, 0) is 5.54 Å². The normalized spacial score (nSPS) is 29.9. The molecule has 6 rings (SSSR count). The minimum atomic E-state index is -0.569. The molecule has 2 aliphatic carbocycles. The van der Waals surface area contributed by atoms with Gasteiger partial charge in [0.2, 0.25) is 0 Å². The van der Waals surface area contributed by atoms with E-state index in [1.165, 1.54) is 10.1 Å². The molecule has 0 saturated carbocycles. The van der Waals surface area contributed by atoms with Crippen molar-refractivity contribution in [2.24, 2.45) is 22.7 Å². The van der Waals surface area contributed by atoms with E-state index in [2.05, 4.69) is 59.8 Å². The van der Waals surface area contributed by atoms with Gasteiger partial charge in [-0.2, -0.15) is 0 Å². The molecule has 2 aliphatic heterocycles. The molecular formula is C24H29N3O2. The molecule has 2 aromatic rings. The first-order valence-electron chi connectivity index (χ1n) is 10.4. The van der Waals surface area contributed by atoms with Crippen LogP contribution in [0.4, 0.5) is 0 Å². The molecule has 4 atom stereocenters. The highest BCUT2D eigenvalue weighted by Gasteiger charge is 2.64. The molecule has 152 valence electrons. The maximum absolute atomic E-state index is 13.8. The van der Waals surface area contributed by atoms with Crippen molar-refractivity contribution in [1.29, 1.82) is 0 Å². The highest BCUT2D eigenvalue weighted by atomic mass is 16.2. The smallest absolute Gasteiger partial charge is 0.245 e. The molecule has 0 radical (unpaired) electrons. The summed E-state index contributed by atoms with van der Waals surface area (Å²) in [6.07, 6.45) is 6.80. The molecule has 4 aliphatic rings. The minimum absolute atomic E-state index is 0.0921. The van der Waals surface area contributed by atoms with Gasteiger partial charge in [0.25, 0.3) is 0 Å². The highest BCUT2D eigenvalue weighted by molar-refractivity contribution is 5.42. The third kappa shape index (κ3) is 2.06. The van der Waals surface area contributed by atoms with Crippen LogP contribution in [0.3, 0.4) is 0 Å². The van der Waals surface area contributed by atoms with Crippen molar-refractivity contribution in [3.05, 3.63) is 75.1 Å². The molecule has 3 heterocycles. The van der Waals surface area contributed by atoms with E-state index in [-0.39, 0.29) is 40.1 Å². The fraction of sp³-hybridized carbons (Fsp3) is 0.500. The second kappa shape index (κ2) is 5.32. The van der Waals surface area contributed by atoms with Crippen LogP contribution in [0.2, 0.25) is 0 Å². The van der Waals surface area contributed by atoms with Gasteiger partial charge in [0, 0.05) is 11.8 Å². The number of para-hydroxylation sites is 1. The Labute approximate surface area is 171 Å². The predicted molar refractivity (Wildman–Crippen MR) is 114 cm³/mol. The van der Waals surface area contributed by atoms with Crippen LogP contribution in [0, 0.1) is 22.7 Å². The molecule has 0 N–H and O–H groups in total. The number of nitrogens with zero attached hydrogens (tertiary/aromatic N) is 3. The zero-order valence-corrected chi connectivity index (χ0v) is 18.0. The second-order valence-electron chi connectivity index (χ2n) is 10.8. The number of hydrogen-bond acceptors (Lipinski definition) is 2. The zero-order valence-electron chi connectivity index (χ0n) is 18.0. The Morgan fingerprint density at radius 1 is 0.897 bits per heavy atom. The van der Waals surface area contributed by atoms with Crippen molar-refractivity contribution in [3.8, 4) is 5.69 Å². The predicted octanol–water partition coefficient (Wildman–Crippen LogP) is 3.89. The number of allylic oxidation sites excluding steroid dienone is 4. The van der Waals surface area contributed by atoms with Crippen LogP contribution in [-0.4, -0.2) is 13.9 Å². The van der Waals surface area contributed by atoms with Gasteiger partial charge in [-0.05, 0) is 28.5 Å². The summed E-state index contributed by atoms with van der Waals surface area (Å²) in [5.41, 5.74) is 0.482. The van der Waals surface area contributed by atoms with E-state index >= 15 is 0 Å². The molecular weight excluding hydrogens is 362 g/mol. The maximum Gasteiger partial charge on any atom is 0.352 e. The highest BCUT2D eigenvalue weighted by Crippen LogP contribution is 2.63. The lowest BCUT2D eigenvalue weighted by Crippen LogP contribution is -2.67. The molecule has 0 saturated heterocycles. The van der Waals surface area contributed by atoms with Crippen molar-refractivity contribution in [2.75, 3.05) is 0 Å². The van der Waals surface area contributed by atoms with Crippen LogP contribution in [0.1, 0.15) is 47.6 Å². The first-order valence-corrected chi connectivity index (χ1v) is 10.4. The summed E-state index contributed by atoms with van der Waals surface area (Å²) in [6.45, 7) is 13.2. The van der Waals surface area contributed by atoms with E-state index in [1.807, 2.05) is 30.3 Å². The SMILES string of the molecule is CC(C)(C)C1=CC2(C(C)(C)C)C3C=CC3C1n1c(=O)n(-c3ccccc3)c(=O)n12. The molecule has 4 unspecified atom stereocenters.